The number of carbonyl (C=O) groups is 1. The molecule has 1 aliphatic carbocycles. The molecule has 104 valence electrons. The highest BCUT2D eigenvalue weighted by atomic mass is 19.1. The van der Waals surface area contributed by atoms with E-state index in [1.54, 1.807) is 0 Å². The summed E-state index contributed by atoms with van der Waals surface area (Å²) in [6.45, 7) is 0. The van der Waals surface area contributed by atoms with E-state index < -0.39 is 5.92 Å². The minimum absolute atomic E-state index is 0.329. The van der Waals surface area contributed by atoms with Crippen molar-refractivity contribution in [2.45, 2.75) is 38.0 Å². The SMILES string of the molecule is COC(=O)C(CC1CCCC1)c1cc(F)ccc1N. The zero-order valence-corrected chi connectivity index (χ0v) is 11.2. The van der Waals surface area contributed by atoms with Gasteiger partial charge < -0.3 is 10.5 Å². The molecule has 1 fully saturated rings. The number of benzene rings is 1. The van der Waals surface area contributed by atoms with E-state index in [9.17, 15) is 9.18 Å². The highest BCUT2D eigenvalue weighted by Crippen LogP contribution is 2.36. The fraction of sp³-hybridized carbons (Fsp3) is 0.533. The number of nitrogen functional groups attached to an aromatic ring is 1. The van der Waals surface area contributed by atoms with Crippen LogP contribution < -0.4 is 5.73 Å². The lowest BCUT2D eigenvalue weighted by molar-refractivity contribution is -0.142. The fourth-order valence-electron chi connectivity index (χ4n) is 2.92. The molecular formula is C15H20FNO2. The Morgan fingerprint density at radius 3 is 2.79 bits per heavy atom. The third-order valence-corrected chi connectivity index (χ3v) is 3.95. The fourth-order valence-corrected chi connectivity index (χ4v) is 2.92. The van der Waals surface area contributed by atoms with E-state index in [4.69, 9.17) is 10.5 Å². The van der Waals surface area contributed by atoms with Crippen molar-refractivity contribution in [3.63, 3.8) is 0 Å². The Morgan fingerprint density at radius 2 is 2.16 bits per heavy atom. The highest BCUT2D eigenvalue weighted by Gasteiger charge is 2.28. The average molecular weight is 265 g/mol. The van der Waals surface area contributed by atoms with Gasteiger partial charge in [-0.2, -0.15) is 0 Å². The Kier molecular flexibility index (Phi) is 4.40. The van der Waals surface area contributed by atoms with Crippen LogP contribution in [0.25, 0.3) is 0 Å². The molecular weight excluding hydrogens is 245 g/mol. The predicted octanol–water partition coefficient (Wildman–Crippen LogP) is 3.24. The van der Waals surface area contributed by atoms with E-state index >= 15 is 0 Å². The molecule has 4 heteroatoms. The maximum absolute atomic E-state index is 13.4. The largest absolute Gasteiger partial charge is 0.469 e. The van der Waals surface area contributed by atoms with Gasteiger partial charge in [0.15, 0.2) is 0 Å². The van der Waals surface area contributed by atoms with Crippen LogP contribution in [-0.4, -0.2) is 13.1 Å². The maximum Gasteiger partial charge on any atom is 0.313 e. The molecule has 3 nitrogen and oxygen atoms in total. The van der Waals surface area contributed by atoms with Crippen LogP contribution in [0.4, 0.5) is 10.1 Å². The number of hydrogen-bond donors (Lipinski definition) is 1. The van der Waals surface area contributed by atoms with E-state index in [1.165, 1.54) is 38.2 Å². The quantitative estimate of drug-likeness (QED) is 0.671. The molecule has 1 unspecified atom stereocenters. The molecule has 2 rings (SSSR count). The molecule has 0 aromatic heterocycles. The molecule has 0 amide bonds. The van der Waals surface area contributed by atoms with Gasteiger partial charge in [-0.25, -0.2) is 4.39 Å². The van der Waals surface area contributed by atoms with E-state index in [2.05, 4.69) is 0 Å². The van der Waals surface area contributed by atoms with Gasteiger partial charge in [-0.1, -0.05) is 25.7 Å². The maximum atomic E-state index is 13.4. The van der Waals surface area contributed by atoms with Gasteiger partial charge in [0.2, 0.25) is 0 Å². The summed E-state index contributed by atoms with van der Waals surface area (Å²) < 4.78 is 18.2. The Morgan fingerprint density at radius 1 is 1.47 bits per heavy atom. The summed E-state index contributed by atoms with van der Waals surface area (Å²) in [6, 6.07) is 4.17. The first-order chi connectivity index (χ1) is 9.11. The van der Waals surface area contributed by atoms with Crippen molar-refractivity contribution in [3.8, 4) is 0 Å². The third-order valence-electron chi connectivity index (χ3n) is 3.95. The van der Waals surface area contributed by atoms with E-state index in [0.29, 0.717) is 23.6 Å². The number of rotatable bonds is 4. The summed E-state index contributed by atoms with van der Waals surface area (Å²) in [5.41, 5.74) is 6.89. The van der Waals surface area contributed by atoms with Crippen LogP contribution in [0.5, 0.6) is 0 Å². The number of nitrogens with two attached hydrogens (primary N) is 1. The Balaban J connectivity index is 2.25. The number of halogens is 1. The van der Waals surface area contributed by atoms with E-state index in [-0.39, 0.29) is 11.8 Å². The molecule has 0 radical (unpaired) electrons. The molecule has 0 aliphatic heterocycles. The summed E-state index contributed by atoms with van der Waals surface area (Å²) in [6.07, 6.45) is 5.36. The van der Waals surface area contributed by atoms with Gasteiger partial charge in [-0.05, 0) is 36.1 Å². The third kappa shape index (κ3) is 3.25. The van der Waals surface area contributed by atoms with Gasteiger partial charge in [0.1, 0.15) is 5.82 Å². The minimum atomic E-state index is -0.455. The summed E-state index contributed by atoms with van der Waals surface area (Å²) in [5.74, 6) is -0.649. The number of ether oxygens (including phenoxy) is 1. The predicted molar refractivity (Wildman–Crippen MR) is 72.1 cm³/mol. The smallest absolute Gasteiger partial charge is 0.313 e. The second kappa shape index (κ2) is 6.04. The number of methoxy groups -OCH3 is 1. The summed E-state index contributed by atoms with van der Waals surface area (Å²) in [4.78, 5) is 12.0. The zero-order valence-electron chi connectivity index (χ0n) is 11.2. The molecule has 1 aliphatic rings. The molecule has 0 saturated heterocycles. The zero-order chi connectivity index (χ0) is 13.8. The molecule has 0 heterocycles. The topological polar surface area (TPSA) is 52.3 Å². The lowest BCUT2D eigenvalue weighted by atomic mass is 9.87. The summed E-state index contributed by atoms with van der Waals surface area (Å²) >= 11 is 0. The molecule has 1 atom stereocenters. The van der Waals surface area contributed by atoms with Crippen LogP contribution in [0.15, 0.2) is 18.2 Å². The molecule has 0 spiro atoms. The van der Waals surface area contributed by atoms with Crippen LogP contribution in [-0.2, 0) is 9.53 Å². The van der Waals surface area contributed by atoms with E-state index in [1.807, 2.05) is 0 Å². The first-order valence-electron chi connectivity index (χ1n) is 6.74. The average Bonchev–Trinajstić information content (AvgIpc) is 2.91. The van der Waals surface area contributed by atoms with Gasteiger partial charge in [-0.3, -0.25) is 4.79 Å². The van der Waals surface area contributed by atoms with Crippen molar-refractivity contribution in [2.75, 3.05) is 12.8 Å². The van der Waals surface area contributed by atoms with Crippen molar-refractivity contribution in [3.05, 3.63) is 29.6 Å². The Labute approximate surface area is 112 Å². The van der Waals surface area contributed by atoms with Crippen LogP contribution in [0.3, 0.4) is 0 Å². The molecule has 1 aromatic carbocycles. The highest BCUT2D eigenvalue weighted by molar-refractivity contribution is 5.80. The first kappa shape index (κ1) is 13.8. The minimum Gasteiger partial charge on any atom is -0.469 e. The van der Waals surface area contributed by atoms with Gasteiger partial charge in [0.25, 0.3) is 0 Å². The van der Waals surface area contributed by atoms with Crippen LogP contribution in [0, 0.1) is 11.7 Å². The van der Waals surface area contributed by atoms with E-state index in [0.717, 1.165) is 12.8 Å². The Hall–Kier alpha value is -1.58. The summed E-state index contributed by atoms with van der Waals surface area (Å²) in [5, 5.41) is 0. The van der Waals surface area contributed by atoms with Crippen LogP contribution in [0.2, 0.25) is 0 Å². The van der Waals surface area contributed by atoms with Crippen molar-refractivity contribution >= 4 is 11.7 Å². The van der Waals surface area contributed by atoms with Gasteiger partial charge in [-0.15, -0.1) is 0 Å². The molecule has 2 N–H and O–H groups in total. The number of hydrogen-bond acceptors (Lipinski definition) is 3. The number of carbonyl (C=O) groups excluding carboxylic acids is 1. The van der Waals surface area contributed by atoms with Gasteiger partial charge >= 0.3 is 5.97 Å². The van der Waals surface area contributed by atoms with Crippen LogP contribution >= 0.6 is 0 Å². The van der Waals surface area contributed by atoms with Crippen molar-refractivity contribution in [2.24, 2.45) is 5.92 Å². The molecule has 19 heavy (non-hydrogen) atoms. The summed E-state index contributed by atoms with van der Waals surface area (Å²) in [7, 11) is 1.36. The standard InChI is InChI=1S/C15H20FNO2/c1-19-15(18)13(8-10-4-2-3-5-10)12-9-11(16)6-7-14(12)17/h6-7,9-10,13H,2-5,8,17H2,1H3. The second-order valence-corrected chi connectivity index (χ2v) is 5.24. The molecule has 1 saturated carbocycles. The number of esters is 1. The second-order valence-electron chi connectivity index (χ2n) is 5.24. The number of anilines is 1. The van der Waals surface area contributed by atoms with Crippen molar-refractivity contribution < 1.29 is 13.9 Å². The lowest BCUT2D eigenvalue weighted by Gasteiger charge is -2.20. The molecule has 1 aromatic rings. The van der Waals surface area contributed by atoms with Gasteiger partial charge in [0.05, 0.1) is 13.0 Å². The van der Waals surface area contributed by atoms with Crippen LogP contribution in [0.1, 0.15) is 43.6 Å². The normalized spacial score (nSPS) is 17.4. The monoisotopic (exact) mass is 265 g/mol. The van der Waals surface area contributed by atoms with Gasteiger partial charge in [0, 0.05) is 5.69 Å². The lowest BCUT2D eigenvalue weighted by Crippen LogP contribution is -2.18. The first-order valence-corrected chi connectivity index (χ1v) is 6.74. The Bertz CT molecular complexity index is 455. The molecule has 0 bridgehead atoms. The van der Waals surface area contributed by atoms with Crippen molar-refractivity contribution in [1.82, 2.24) is 0 Å². The van der Waals surface area contributed by atoms with Crippen molar-refractivity contribution in [1.29, 1.82) is 0 Å².